The Morgan fingerprint density at radius 2 is 2.40 bits per heavy atom. The third-order valence-electron chi connectivity index (χ3n) is 3.23. The van der Waals surface area contributed by atoms with E-state index in [0.29, 0.717) is 6.42 Å². The number of hydrogen-bond donors (Lipinski definition) is 1. The summed E-state index contributed by atoms with van der Waals surface area (Å²) in [5.74, 6) is 0. The van der Waals surface area contributed by atoms with Gasteiger partial charge in [0.05, 0.1) is 6.07 Å². The maximum absolute atomic E-state index is 8.73. The molecule has 2 N–H and O–H groups in total. The normalized spacial score (nSPS) is 19.5. The second-order valence-corrected chi connectivity index (χ2v) is 4.74. The van der Waals surface area contributed by atoms with Crippen LogP contribution in [0.25, 0.3) is 0 Å². The standard InChI is InChI=1S/C12H17N3/c1-10(14)11-2-7-15(8-11)9-12(3-4-12)5-6-13/h2,7-8,10H,3-5,9,14H2,1H3. The van der Waals surface area contributed by atoms with Crippen molar-refractivity contribution in [1.82, 2.24) is 4.57 Å². The van der Waals surface area contributed by atoms with Crippen LogP contribution in [0.5, 0.6) is 0 Å². The molecule has 1 fully saturated rings. The van der Waals surface area contributed by atoms with Crippen LogP contribution in [0.3, 0.4) is 0 Å². The minimum atomic E-state index is 0.0948. The molecule has 0 aromatic carbocycles. The third-order valence-corrected chi connectivity index (χ3v) is 3.23. The molecule has 0 aliphatic heterocycles. The van der Waals surface area contributed by atoms with Crippen LogP contribution >= 0.6 is 0 Å². The highest BCUT2D eigenvalue weighted by molar-refractivity contribution is 5.14. The molecule has 3 nitrogen and oxygen atoms in total. The number of nitrogens with zero attached hydrogens (tertiary/aromatic N) is 2. The molecule has 3 heteroatoms. The Bertz CT molecular complexity index is 380. The second kappa shape index (κ2) is 3.71. The fraction of sp³-hybridized carbons (Fsp3) is 0.583. The van der Waals surface area contributed by atoms with Gasteiger partial charge in [-0.25, -0.2) is 0 Å². The maximum Gasteiger partial charge on any atom is 0.0628 e. The van der Waals surface area contributed by atoms with E-state index in [1.165, 1.54) is 18.4 Å². The van der Waals surface area contributed by atoms with E-state index in [9.17, 15) is 0 Å². The van der Waals surface area contributed by atoms with Crippen LogP contribution in [-0.4, -0.2) is 4.57 Å². The molecule has 1 aromatic heterocycles. The van der Waals surface area contributed by atoms with Gasteiger partial charge in [-0.05, 0) is 31.4 Å². The van der Waals surface area contributed by atoms with Gasteiger partial charge in [0.15, 0.2) is 0 Å². The molecule has 0 radical (unpaired) electrons. The molecule has 1 saturated carbocycles. The highest BCUT2D eigenvalue weighted by Crippen LogP contribution is 2.49. The maximum atomic E-state index is 8.73. The summed E-state index contributed by atoms with van der Waals surface area (Å²) >= 11 is 0. The van der Waals surface area contributed by atoms with E-state index >= 15 is 0 Å². The van der Waals surface area contributed by atoms with Gasteiger partial charge >= 0.3 is 0 Å². The van der Waals surface area contributed by atoms with Gasteiger partial charge < -0.3 is 10.3 Å². The Labute approximate surface area is 90.5 Å². The zero-order valence-corrected chi connectivity index (χ0v) is 9.11. The quantitative estimate of drug-likeness (QED) is 0.815. The van der Waals surface area contributed by atoms with Crippen LogP contribution in [0.4, 0.5) is 0 Å². The van der Waals surface area contributed by atoms with Crippen LogP contribution in [0.1, 0.15) is 37.8 Å². The van der Waals surface area contributed by atoms with Gasteiger partial charge in [0, 0.05) is 36.8 Å². The predicted molar refractivity (Wildman–Crippen MR) is 58.9 cm³/mol. The predicted octanol–water partition coefficient (Wildman–Crippen LogP) is 2.20. The Kier molecular flexibility index (Phi) is 2.54. The molecular formula is C12H17N3. The zero-order valence-electron chi connectivity index (χ0n) is 9.11. The summed E-state index contributed by atoms with van der Waals surface area (Å²) in [6.07, 6.45) is 7.22. The van der Waals surface area contributed by atoms with Gasteiger partial charge in [-0.2, -0.15) is 5.26 Å². The number of nitriles is 1. The number of aromatic nitrogens is 1. The first-order valence-electron chi connectivity index (χ1n) is 5.43. The van der Waals surface area contributed by atoms with Gasteiger partial charge in [-0.1, -0.05) is 0 Å². The van der Waals surface area contributed by atoms with Crippen molar-refractivity contribution in [3.63, 3.8) is 0 Å². The van der Waals surface area contributed by atoms with E-state index in [-0.39, 0.29) is 11.5 Å². The summed E-state index contributed by atoms with van der Waals surface area (Å²) in [6, 6.07) is 4.44. The monoisotopic (exact) mass is 203 g/mol. The topological polar surface area (TPSA) is 54.7 Å². The van der Waals surface area contributed by atoms with Crippen LogP contribution in [0.15, 0.2) is 18.5 Å². The lowest BCUT2D eigenvalue weighted by atomic mass is 10.0. The molecule has 15 heavy (non-hydrogen) atoms. The SMILES string of the molecule is CC(N)c1ccn(CC2(CC#N)CC2)c1. The van der Waals surface area contributed by atoms with E-state index in [1.807, 2.05) is 6.92 Å². The second-order valence-electron chi connectivity index (χ2n) is 4.74. The van der Waals surface area contributed by atoms with Crippen LogP contribution in [0, 0.1) is 16.7 Å². The molecule has 1 aromatic rings. The van der Waals surface area contributed by atoms with Crippen molar-refractivity contribution in [3.05, 3.63) is 24.0 Å². The summed E-state index contributed by atoms with van der Waals surface area (Å²) in [4.78, 5) is 0. The first kappa shape index (κ1) is 10.3. The molecule has 1 aliphatic carbocycles. The summed E-state index contributed by atoms with van der Waals surface area (Å²) in [7, 11) is 0. The highest BCUT2D eigenvalue weighted by atomic mass is 15.0. The Morgan fingerprint density at radius 1 is 1.67 bits per heavy atom. The first-order valence-corrected chi connectivity index (χ1v) is 5.43. The van der Waals surface area contributed by atoms with Gasteiger partial charge in [0.25, 0.3) is 0 Å². The minimum absolute atomic E-state index is 0.0948. The van der Waals surface area contributed by atoms with Gasteiger partial charge in [0.1, 0.15) is 0 Å². The summed E-state index contributed by atoms with van der Waals surface area (Å²) in [5.41, 5.74) is 7.24. The van der Waals surface area contributed by atoms with Crippen molar-refractivity contribution in [2.24, 2.45) is 11.1 Å². The third kappa shape index (κ3) is 2.21. The Balaban J connectivity index is 2.02. The lowest BCUT2D eigenvalue weighted by Gasteiger charge is -2.11. The fourth-order valence-corrected chi connectivity index (χ4v) is 1.95. The highest BCUT2D eigenvalue weighted by Gasteiger charge is 2.42. The van der Waals surface area contributed by atoms with Gasteiger partial charge in [-0.3, -0.25) is 0 Å². The van der Waals surface area contributed by atoms with Gasteiger partial charge in [-0.15, -0.1) is 0 Å². The number of rotatable bonds is 4. The number of nitrogens with two attached hydrogens (primary N) is 1. The average molecular weight is 203 g/mol. The molecule has 1 atom stereocenters. The largest absolute Gasteiger partial charge is 0.353 e. The van der Waals surface area contributed by atoms with Gasteiger partial charge in [0.2, 0.25) is 0 Å². The molecular weight excluding hydrogens is 186 g/mol. The van der Waals surface area contributed by atoms with Crippen molar-refractivity contribution in [1.29, 1.82) is 5.26 Å². The van der Waals surface area contributed by atoms with Crippen molar-refractivity contribution >= 4 is 0 Å². The minimum Gasteiger partial charge on any atom is -0.353 e. The smallest absolute Gasteiger partial charge is 0.0628 e. The fourth-order valence-electron chi connectivity index (χ4n) is 1.95. The summed E-state index contributed by atoms with van der Waals surface area (Å²) in [5, 5.41) is 8.73. The van der Waals surface area contributed by atoms with Crippen LogP contribution in [0.2, 0.25) is 0 Å². The van der Waals surface area contributed by atoms with Crippen LogP contribution in [-0.2, 0) is 6.54 Å². The van der Waals surface area contributed by atoms with E-state index < -0.39 is 0 Å². The first-order chi connectivity index (χ1) is 7.15. The van der Waals surface area contributed by atoms with Crippen molar-refractivity contribution in [2.45, 2.75) is 38.8 Å². The van der Waals surface area contributed by atoms with Crippen molar-refractivity contribution in [3.8, 4) is 6.07 Å². The van der Waals surface area contributed by atoms with E-state index in [4.69, 9.17) is 11.0 Å². The lowest BCUT2D eigenvalue weighted by molar-refractivity contribution is 0.432. The molecule has 80 valence electrons. The van der Waals surface area contributed by atoms with E-state index in [0.717, 1.165) is 6.54 Å². The molecule has 0 amide bonds. The van der Waals surface area contributed by atoms with E-state index in [1.54, 1.807) is 0 Å². The van der Waals surface area contributed by atoms with Crippen molar-refractivity contribution in [2.75, 3.05) is 0 Å². The molecule has 1 unspecified atom stereocenters. The van der Waals surface area contributed by atoms with Crippen LogP contribution < -0.4 is 5.73 Å². The summed E-state index contributed by atoms with van der Waals surface area (Å²) < 4.78 is 2.17. The molecule has 1 heterocycles. The Hall–Kier alpha value is -1.27. The zero-order chi connectivity index (χ0) is 10.9. The molecule has 0 bridgehead atoms. The lowest BCUT2D eigenvalue weighted by Crippen LogP contribution is -2.10. The average Bonchev–Trinajstić information content (AvgIpc) is 2.77. The molecule has 0 spiro atoms. The molecule has 0 saturated heterocycles. The molecule has 1 aliphatic rings. The number of hydrogen-bond acceptors (Lipinski definition) is 2. The Morgan fingerprint density at radius 3 is 2.87 bits per heavy atom. The molecule has 2 rings (SSSR count). The van der Waals surface area contributed by atoms with E-state index in [2.05, 4.69) is 29.1 Å². The van der Waals surface area contributed by atoms with Crippen molar-refractivity contribution < 1.29 is 0 Å². The summed E-state index contributed by atoms with van der Waals surface area (Å²) in [6.45, 7) is 2.95.